The highest BCUT2D eigenvalue weighted by molar-refractivity contribution is 5.94. The van der Waals surface area contributed by atoms with Crippen LogP contribution in [0.1, 0.15) is 21.8 Å². The van der Waals surface area contributed by atoms with E-state index in [2.05, 4.69) is 4.98 Å². The smallest absolute Gasteiger partial charge is 0.253 e. The molecule has 1 aliphatic heterocycles. The summed E-state index contributed by atoms with van der Waals surface area (Å²) < 4.78 is 7.21. The number of aromatic nitrogens is 2. The van der Waals surface area contributed by atoms with Gasteiger partial charge in [0.05, 0.1) is 13.4 Å². The van der Waals surface area contributed by atoms with Crippen molar-refractivity contribution in [1.82, 2.24) is 14.5 Å². The first-order valence-electron chi connectivity index (χ1n) is 8.93. The first-order valence-corrected chi connectivity index (χ1v) is 8.93. The van der Waals surface area contributed by atoms with Gasteiger partial charge in [-0.05, 0) is 42.0 Å². The Balaban J connectivity index is 1.49. The molecule has 0 spiro atoms. The number of imidazole rings is 1. The maximum atomic E-state index is 12.9. The zero-order valence-electron chi connectivity index (χ0n) is 15.2. The molecule has 2 heterocycles. The molecule has 2 N–H and O–H groups in total. The molecule has 0 saturated carbocycles. The first kappa shape index (κ1) is 17.3. The SMILES string of the molecule is COc1cccc([C@H]2CN(C(=O)c3ccc(-n4ccnc4)cc3)C[C@@H]2N)c1. The summed E-state index contributed by atoms with van der Waals surface area (Å²) in [6.07, 6.45) is 5.33. The second-order valence-corrected chi connectivity index (χ2v) is 6.77. The van der Waals surface area contributed by atoms with Crippen molar-refractivity contribution in [2.75, 3.05) is 20.2 Å². The van der Waals surface area contributed by atoms with Crippen LogP contribution in [0.15, 0.2) is 67.3 Å². The number of methoxy groups -OCH3 is 1. The molecule has 6 nitrogen and oxygen atoms in total. The quantitative estimate of drug-likeness (QED) is 0.774. The molecule has 1 amide bonds. The molecular formula is C21H22N4O2. The van der Waals surface area contributed by atoms with E-state index in [1.165, 1.54) is 0 Å². The molecule has 1 fully saturated rings. The van der Waals surface area contributed by atoms with Gasteiger partial charge in [0.2, 0.25) is 0 Å². The number of hydrogen-bond donors (Lipinski definition) is 1. The highest BCUT2D eigenvalue weighted by Crippen LogP contribution is 2.29. The van der Waals surface area contributed by atoms with Gasteiger partial charge in [0.25, 0.3) is 5.91 Å². The number of carbonyl (C=O) groups excluding carboxylic acids is 1. The Morgan fingerprint density at radius 3 is 2.70 bits per heavy atom. The zero-order valence-corrected chi connectivity index (χ0v) is 15.2. The minimum atomic E-state index is -0.0914. The number of hydrogen-bond acceptors (Lipinski definition) is 4. The third-order valence-corrected chi connectivity index (χ3v) is 5.09. The maximum absolute atomic E-state index is 12.9. The van der Waals surface area contributed by atoms with E-state index in [-0.39, 0.29) is 17.9 Å². The molecular weight excluding hydrogens is 340 g/mol. The standard InChI is InChI=1S/C21H22N4O2/c1-27-18-4-2-3-16(11-18)19-12-25(13-20(19)22)21(26)15-5-7-17(8-6-15)24-10-9-23-14-24/h2-11,14,19-20H,12-13,22H2,1H3/t19-,20+/m1/s1. The lowest BCUT2D eigenvalue weighted by Crippen LogP contribution is -2.32. The van der Waals surface area contributed by atoms with Crippen molar-refractivity contribution >= 4 is 5.91 Å². The van der Waals surface area contributed by atoms with Crippen molar-refractivity contribution in [1.29, 1.82) is 0 Å². The summed E-state index contributed by atoms with van der Waals surface area (Å²) in [5.41, 5.74) is 9.09. The summed E-state index contributed by atoms with van der Waals surface area (Å²) in [6, 6.07) is 15.4. The fourth-order valence-corrected chi connectivity index (χ4v) is 3.59. The molecule has 1 aromatic heterocycles. The van der Waals surface area contributed by atoms with Crippen LogP contribution in [0.4, 0.5) is 0 Å². The Kier molecular flexibility index (Phi) is 4.64. The Hall–Kier alpha value is -3.12. The largest absolute Gasteiger partial charge is 0.497 e. The predicted octanol–water partition coefficient (Wildman–Crippen LogP) is 2.45. The van der Waals surface area contributed by atoms with E-state index in [0.717, 1.165) is 17.0 Å². The lowest BCUT2D eigenvalue weighted by Gasteiger charge is -2.17. The van der Waals surface area contributed by atoms with Gasteiger partial charge in [-0.3, -0.25) is 4.79 Å². The van der Waals surface area contributed by atoms with E-state index < -0.39 is 0 Å². The fourth-order valence-electron chi connectivity index (χ4n) is 3.59. The van der Waals surface area contributed by atoms with E-state index in [4.69, 9.17) is 10.5 Å². The Morgan fingerprint density at radius 1 is 1.19 bits per heavy atom. The fraction of sp³-hybridized carbons (Fsp3) is 0.238. The summed E-state index contributed by atoms with van der Waals surface area (Å²) >= 11 is 0. The van der Waals surface area contributed by atoms with Gasteiger partial charge in [-0.15, -0.1) is 0 Å². The Morgan fingerprint density at radius 2 is 2.00 bits per heavy atom. The van der Waals surface area contributed by atoms with E-state index in [0.29, 0.717) is 18.7 Å². The molecule has 2 aromatic carbocycles. The van der Waals surface area contributed by atoms with Gasteiger partial charge in [0, 0.05) is 48.7 Å². The maximum Gasteiger partial charge on any atom is 0.253 e. The second-order valence-electron chi connectivity index (χ2n) is 6.77. The van der Waals surface area contributed by atoms with Gasteiger partial charge < -0.3 is 19.9 Å². The number of ether oxygens (including phenoxy) is 1. The molecule has 0 bridgehead atoms. The minimum absolute atomic E-state index is 0.00743. The average molecular weight is 362 g/mol. The van der Waals surface area contributed by atoms with Crippen LogP contribution in [0.2, 0.25) is 0 Å². The Labute approximate surface area is 158 Å². The zero-order chi connectivity index (χ0) is 18.8. The molecule has 2 atom stereocenters. The summed E-state index contributed by atoms with van der Waals surface area (Å²) in [5, 5.41) is 0. The van der Waals surface area contributed by atoms with Crippen LogP contribution in [0.25, 0.3) is 5.69 Å². The normalized spacial score (nSPS) is 19.3. The number of likely N-dealkylation sites (tertiary alicyclic amines) is 1. The topological polar surface area (TPSA) is 73.4 Å². The summed E-state index contributed by atoms with van der Waals surface area (Å²) in [4.78, 5) is 18.8. The number of rotatable bonds is 4. The average Bonchev–Trinajstić information content (AvgIpc) is 3.37. The van der Waals surface area contributed by atoms with Gasteiger partial charge in [0.1, 0.15) is 5.75 Å². The Bertz CT molecular complexity index is 922. The van der Waals surface area contributed by atoms with Gasteiger partial charge in [-0.1, -0.05) is 12.1 Å². The summed E-state index contributed by atoms with van der Waals surface area (Å²) in [6.45, 7) is 1.15. The highest BCUT2D eigenvalue weighted by atomic mass is 16.5. The van der Waals surface area contributed by atoms with E-state index in [1.807, 2.05) is 64.2 Å². The molecule has 3 aromatic rings. The minimum Gasteiger partial charge on any atom is -0.497 e. The molecule has 4 rings (SSSR count). The van der Waals surface area contributed by atoms with Crippen LogP contribution < -0.4 is 10.5 Å². The van der Waals surface area contributed by atoms with Gasteiger partial charge in [-0.2, -0.15) is 0 Å². The number of carbonyl (C=O) groups is 1. The second kappa shape index (κ2) is 7.25. The number of amides is 1. The van der Waals surface area contributed by atoms with Crippen molar-refractivity contribution < 1.29 is 9.53 Å². The molecule has 0 unspecified atom stereocenters. The summed E-state index contributed by atoms with van der Waals surface area (Å²) in [5.74, 6) is 0.918. The molecule has 138 valence electrons. The molecule has 1 saturated heterocycles. The number of benzene rings is 2. The van der Waals surface area contributed by atoms with Crippen LogP contribution in [0.3, 0.4) is 0 Å². The molecule has 27 heavy (non-hydrogen) atoms. The predicted molar refractivity (Wildman–Crippen MR) is 103 cm³/mol. The van der Waals surface area contributed by atoms with E-state index in [1.54, 1.807) is 19.6 Å². The summed E-state index contributed by atoms with van der Waals surface area (Å²) in [7, 11) is 1.65. The van der Waals surface area contributed by atoms with E-state index in [9.17, 15) is 4.79 Å². The van der Waals surface area contributed by atoms with Crippen molar-refractivity contribution in [3.05, 3.63) is 78.4 Å². The van der Waals surface area contributed by atoms with Crippen molar-refractivity contribution in [3.63, 3.8) is 0 Å². The van der Waals surface area contributed by atoms with Crippen LogP contribution in [-0.4, -0.2) is 46.6 Å². The monoisotopic (exact) mass is 362 g/mol. The molecule has 0 aliphatic carbocycles. The first-order chi connectivity index (χ1) is 13.2. The van der Waals surface area contributed by atoms with Crippen LogP contribution in [0.5, 0.6) is 5.75 Å². The highest BCUT2D eigenvalue weighted by Gasteiger charge is 2.34. The number of nitrogens with two attached hydrogens (primary N) is 1. The number of nitrogens with zero attached hydrogens (tertiary/aromatic N) is 3. The third kappa shape index (κ3) is 3.44. The van der Waals surface area contributed by atoms with Crippen molar-refractivity contribution in [2.45, 2.75) is 12.0 Å². The van der Waals surface area contributed by atoms with Crippen LogP contribution in [-0.2, 0) is 0 Å². The van der Waals surface area contributed by atoms with Crippen molar-refractivity contribution in [3.8, 4) is 11.4 Å². The molecule has 1 aliphatic rings. The van der Waals surface area contributed by atoms with Gasteiger partial charge in [-0.25, -0.2) is 4.98 Å². The third-order valence-electron chi connectivity index (χ3n) is 5.09. The lowest BCUT2D eigenvalue weighted by atomic mass is 9.95. The molecule has 0 radical (unpaired) electrons. The molecule has 6 heteroatoms. The van der Waals surface area contributed by atoms with E-state index >= 15 is 0 Å². The van der Waals surface area contributed by atoms with Crippen molar-refractivity contribution in [2.24, 2.45) is 5.73 Å². The van der Waals surface area contributed by atoms with Gasteiger partial charge in [0.15, 0.2) is 0 Å². The van der Waals surface area contributed by atoms with Crippen LogP contribution in [0, 0.1) is 0 Å². The lowest BCUT2D eigenvalue weighted by molar-refractivity contribution is 0.0789. The van der Waals surface area contributed by atoms with Crippen LogP contribution >= 0.6 is 0 Å². The van der Waals surface area contributed by atoms with Gasteiger partial charge >= 0.3 is 0 Å².